The minimum Gasteiger partial charge on any atom is -0.350 e. The number of benzene rings is 2. The van der Waals surface area contributed by atoms with E-state index in [0.717, 1.165) is 16.2 Å². The molecule has 160 valence electrons. The third-order valence-electron chi connectivity index (χ3n) is 4.33. The van der Waals surface area contributed by atoms with Crippen molar-refractivity contribution in [2.24, 2.45) is 0 Å². The van der Waals surface area contributed by atoms with Crippen molar-refractivity contribution in [2.45, 2.75) is 17.9 Å². The van der Waals surface area contributed by atoms with E-state index in [2.05, 4.69) is 15.0 Å². The van der Waals surface area contributed by atoms with Gasteiger partial charge in [-0.3, -0.25) is 13.9 Å². The molecule has 4 aromatic rings. The first kappa shape index (κ1) is 21.6. The van der Waals surface area contributed by atoms with Crippen molar-refractivity contribution in [2.75, 3.05) is 4.72 Å². The highest BCUT2D eigenvalue weighted by Crippen LogP contribution is 2.24. The Bertz CT molecular complexity index is 1300. The highest BCUT2D eigenvalue weighted by atomic mass is 35.5. The number of anilines is 1. The SMILES string of the molecule is O=C(Cc1ccc(NS(=O)(=O)c2cc(Cl)cc(Cl)c2)cc1)NCc1cn2ccsc2n1. The molecule has 0 saturated carbocycles. The summed E-state index contributed by atoms with van der Waals surface area (Å²) < 4.78 is 29.4. The molecule has 2 aromatic carbocycles. The summed E-state index contributed by atoms with van der Waals surface area (Å²) in [7, 11) is -3.85. The molecule has 1 amide bonds. The van der Waals surface area contributed by atoms with Crippen molar-refractivity contribution >= 4 is 61.1 Å². The van der Waals surface area contributed by atoms with E-state index in [4.69, 9.17) is 23.2 Å². The van der Waals surface area contributed by atoms with Gasteiger partial charge in [0.1, 0.15) is 0 Å². The molecule has 31 heavy (non-hydrogen) atoms. The van der Waals surface area contributed by atoms with Crippen molar-refractivity contribution in [1.82, 2.24) is 14.7 Å². The van der Waals surface area contributed by atoms with Crippen LogP contribution in [0.4, 0.5) is 5.69 Å². The van der Waals surface area contributed by atoms with E-state index in [-0.39, 0.29) is 27.3 Å². The zero-order chi connectivity index (χ0) is 22.0. The van der Waals surface area contributed by atoms with E-state index in [1.807, 2.05) is 22.2 Å². The molecule has 0 atom stereocenters. The van der Waals surface area contributed by atoms with Crippen LogP contribution in [0.3, 0.4) is 0 Å². The van der Waals surface area contributed by atoms with Crippen molar-refractivity contribution in [3.8, 4) is 0 Å². The van der Waals surface area contributed by atoms with Crippen LogP contribution in [0.5, 0.6) is 0 Å². The summed E-state index contributed by atoms with van der Waals surface area (Å²) >= 11 is 13.3. The first-order valence-electron chi connectivity index (χ1n) is 9.04. The maximum absolute atomic E-state index is 12.5. The van der Waals surface area contributed by atoms with Gasteiger partial charge < -0.3 is 5.32 Å². The second-order valence-corrected chi connectivity index (χ2v) is 10.1. The van der Waals surface area contributed by atoms with Crippen LogP contribution in [-0.2, 0) is 27.8 Å². The minimum atomic E-state index is -3.85. The second kappa shape index (κ2) is 8.88. The van der Waals surface area contributed by atoms with E-state index in [0.29, 0.717) is 12.2 Å². The number of amides is 1. The molecule has 7 nitrogen and oxygen atoms in total. The molecular weight excluding hydrogens is 479 g/mol. The molecule has 4 rings (SSSR count). The van der Waals surface area contributed by atoms with Gasteiger partial charge in [0.25, 0.3) is 10.0 Å². The van der Waals surface area contributed by atoms with E-state index >= 15 is 0 Å². The number of aromatic nitrogens is 2. The number of halogens is 2. The van der Waals surface area contributed by atoms with Crippen LogP contribution in [0.1, 0.15) is 11.3 Å². The third-order valence-corrected chi connectivity index (χ3v) is 6.89. The normalized spacial score (nSPS) is 11.5. The Balaban J connectivity index is 1.35. The molecule has 0 spiro atoms. The lowest BCUT2D eigenvalue weighted by Gasteiger charge is -2.10. The van der Waals surface area contributed by atoms with Crippen LogP contribution in [0, 0.1) is 0 Å². The van der Waals surface area contributed by atoms with Gasteiger partial charge in [-0.05, 0) is 35.9 Å². The van der Waals surface area contributed by atoms with Crippen LogP contribution >= 0.6 is 34.5 Å². The number of nitrogens with zero attached hydrogens (tertiary/aromatic N) is 2. The van der Waals surface area contributed by atoms with Crippen molar-refractivity contribution in [3.05, 3.63) is 81.5 Å². The minimum absolute atomic E-state index is 0.0346. The average molecular weight is 495 g/mol. The van der Waals surface area contributed by atoms with Gasteiger partial charge >= 0.3 is 0 Å². The summed E-state index contributed by atoms with van der Waals surface area (Å²) in [5.41, 5.74) is 1.89. The number of sulfonamides is 1. The molecule has 2 N–H and O–H groups in total. The van der Waals surface area contributed by atoms with Gasteiger partial charge in [-0.2, -0.15) is 0 Å². The number of rotatable bonds is 7. The standard InChI is InChI=1S/C20H16Cl2N4O3S2/c21-14-8-15(22)10-18(9-14)31(28,29)25-16-3-1-13(2-4-16)7-19(27)23-11-17-12-26-5-6-30-20(26)24-17/h1-6,8-10,12,25H,7,11H2,(H,23,27). The third kappa shape index (κ3) is 5.37. The number of fused-ring (bicyclic) bond motifs is 1. The summed E-state index contributed by atoms with van der Waals surface area (Å²) in [6.45, 7) is 0.341. The molecular formula is C20H16Cl2N4O3S2. The predicted octanol–water partition coefficient (Wildman–Crippen LogP) is 4.36. The summed E-state index contributed by atoms with van der Waals surface area (Å²) in [5, 5.41) is 5.23. The fraction of sp³-hybridized carbons (Fsp3) is 0.100. The molecule has 2 aromatic heterocycles. The van der Waals surface area contributed by atoms with Gasteiger partial charge in [-0.25, -0.2) is 13.4 Å². The van der Waals surface area contributed by atoms with Crippen LogP contribution < -0.4 is 10.0 Å². The molecule has 11 heteroatoms. The van der Waals surface area contributed by atoms with Gasteiger partial charge in [-0.1, -0.05) is 35.3 Å². The maximum atomic E-state index is 12.5. The Morgan fingerprint density at radius 1 is 1.10 bits per heavy atom. The molecule has 0 fully saturated rings. The van der Waals surface area contributed by atoms with Gasteiger partial charge in [-0.15, -0.1) is 11.3 Å². The Kier molecular flexibility index (Phi) is 6.19. The molecule has 0 aliphatic heterocycles. The largest absolute Gasteiger partial charge is 0.350 e. The Hall–Kier alpha value is -2.59. The number of imidazole rings is 1. The number of hydrogen-bond acceptors (Lipinski definition) is 5. The summed E-state index contributed by atoms with van der Waals surface area (Å²) in [6.07, 6.45) is 3.95. The van der Waals surface area contributed by atoms with Gasteiger partial charge in [0, 0.05) is 33.5 Å². The second-order valence-electron chi connectivity index (χ2n) is 6.69. The maximum Gasteiger partial charge on any atom is 0.261 e. The number of hydrogen-bond donors (Lipinski definition) is 2. The first-order chi connectivity index (χ1) is 14.8. The molecule has 0 aliphatic rings. The number of nitrogens with one attached hydrogen (secondary N) is 2. The van der Waals surface area contributed by atoms with E-state index in [1.165, 1.54) is 29.5 Å². The first-order valence-corrected chi connectivity index (χ1v) is 12.2. The zero-order valence-corrected chi connectivity index (χ0v) is 19.0. The Morgan fingerprint density at radius 3 is 2.48 bits per heavy atom. The summed E-state index contributed by atoms with van der Waals surface area (Å²) in [5.74, 6) is -0.154. The summed E-state index contributed by atoms with van der Waals surface area (Å²) in [4.78, 5) is 17.5. The van der Waals surface area contributed by atoms with Crippen molar-refractivity contribution < 1.29 is 13.2 Å². The smallest absolute Gasteiger partial charge is 0.261 e. The van der Waals surface area contributed by atoms with Crippen molar-refractivity contribution in [3.63, 3.8) is 0 Å². The highest BCUT2D eigenvalue weighted by molar-refractivity contribution is 7.92. The molecule has 0 saturated heterocycles. The van der Waals surface area contributed by atoms with Gasteiger partial charge in [0.05, 0.1) is 23.6 Å². The van der Waals surface area contributed by atoms with E-state index in [1.54, 1.807) is 24.3 Å². The molecule has 0 radical (unpaired) electrons. The number of thiazole rings is 1. The fourth-order valence-corrected chi connectivity index (χ4v) is 5.39. The highest BCUT2D eigenvalue weighted by Gasteiger charge is 2.16. The molecule has 2 heterocycles. The summed E-state index contributed by atoms with van der Waals surface area (Å²) in [6, 6.07) is 10.7. The monoisotopic (exact) mass is 494 g/mol. The lowest BCUT2D eigenvalue weighted by molar-refractivity contribution is -0.120. The lowest BCUT2D eigenvalue weighted by atomic mass is 10.1. The number of carbonyl (C=O) groups excluding carboxylic acids is 1. The topological polar surface area (TPSA) is 92.6 Å². The van der Waals surface area contributed by atoms with E-state index < -0.39 is 10.0 Å². The quantitative estimate of drug-likeness (QED) is 0.399. The van der Waals surface area contributed by atoms with Gasteiger partial charge in [0.2, 0.25) is 5.91 Å². The van der Waals surface area contributed by atoms with Gasteiger partial charge in [0.15, 0.2) is 4.96 Å². The van der Waals surface area contributed by atoms with Crippen LogP contribution in [0.15, 0.2) is 65.1 Å². The van der Waals surface area contributed by atoms with Crippen LogP contribution in [-0.4, -0.2) is 23.7 Å². The fourth-order valence-electron chi connectivity index (χ4n) is 2.89. The molecule has 0 bridgehead atoms. The number of carbonyl (C=O) groups is 1. The van der Waals surface area contributed by atoms with Crippen LogP contribution in [0.25, 0.3) is 4.96 Å². The van der Waals surface area contributed by atoms with Crippen LogP contribution in [0.2, 0.25) is 10.0 Å². The Labute approximate surface area is 192 Å². The molecule has 0 unspecified atom stereocenters. The zero-order valence-electron chi connectivity index (χ0n) is 15.9. The van der Waals surface area contributed by atoms with Crippen molar-refractivity contribution in [1.29, 1.82) is 0 Å². The lowest BCUT2D eigenvalue weighted by Crippen LogP contribution is -2.24. The average Bonchev–Trinajstić information content (AvgIpc) is 3.29. The van der Waals surface area contributed by atoms with E-state index in [9.17, 15) is 13.2 Å². The molecule has 0 aliphatic carbocycles. The Morgan fingerprint density at radius 2 is 1.81 bits per heavy atom. The predicted molar refractivity (Wildman–Crippen MR) is 122 cm³/mol.